The number of aliphatic hydroxyl groups is 2. The van der Waals surface area contributed by atoms with E-state index >= 15 is 0 Å². The van der Waals surface area contributed by atoms with Crippen LogP contribution in [0.25, 0.3) is 0 Å². The second-order valence-corrected chi connectivity index (χ2v) is 5.67. The van der Waals surface area contributed by atoms with Crippen LogP contribution in [0.1, 0.15) is 46.5 Å². The van der Waals surface area contributed by atoms with Crippen molar-refractivity contribution in [3.05, 3.63) is 23.3 Å². The maximum atomic E-state index is 9.45. The molecule has 0 spiro atoms. The van der Waals surface area contributed by atoms with Gasteiger partial charge in [-0.1, -0.05) is 30.2 Å². The largest absolute Gasteiger partial charge is 0.396 e. The summed E-state index contributed by atoms with van der Waals surface area (Å²) >= 11 is 0. The Balaban J connectivity index is 2.57. The molecular weight excluding hydrogens is 212 g/mol. The Kier molecular flexibility index (Phi) is 5.41. The molecule has 1 atom stereocenters. The molecule has 0 bridgehead atoms. The van der Waals surface area contributed by atoms with Crippen LogP contribution in [0, 0.1) is 11.3 Å². The van der Waals surface area contributed by atoms with E-state index in [9.17, 15) is 10.2 Å². The minimum absolute atomic E-state index is 0.0857. The summed E-state index contributed by atoms with van der Waals surface area (Å²) < 4.78 is 0. The highest BCUT2D eigenvalue weighted by molar-refractivity contribution is 5.13. The molecule has 0 aliphatic heterocycles. The molecule has 0 saturated carbocycles. The van der Waals surface area contributed by atoms with E-state index < -0.39 is 0 Å². The van der Waals surface area contributed by atoms with E-state index in [4.69, 9.17) is 0 Å². The summed E-state index contributed by atoms with van der Waals surface area (Å²) in [5.41, 5.74) is 2.56. The lowest BCUT2D eigenvalue weighted by atomic mass is 9.68. The van der Waals surface area contributed by atoms with Gasteiger partial charge in [0.15, 0.2) is 0 Å². The van der Waals surface area contributed by atoms with Gasteiger partial charge in [0.1, 0.15) is 0 Å². The molecule has 0 amide bonds. The van der Waals surface area contributed by atoms with Crippen LogP contribution in [-0.2, 0) is 0 Å². The fourth-order valence-electron chi connectivity index (χ4n) is 2.48. The predicted octanol–water partition coefficient (Wildman–Crippen LogP) is 3.06. The summed E-state index contributed by atoms with van der Waals surface area (Å²) in [5.74, 6) is 0.365. The first-order valence-corrected chi connectivity index (χ1v) is 6.57. The molecule has 2 nitrogen and oxygen atoms in total. The first-order valence-electron chi connectivity index (χ1n) is 6.57. The molecule has 0 heterocycles. The van der Waals surface area contributed by atoms with Crippen LogP contribution < -0.4 is 0 Å². The minimum atomic E-state index is -0.292. The zero-order chi connectivity index (χ0) is 12.9. The van der Waals surface area contributed by atoms with Gasteiger partial charge in [0.05, 0.1) is 13.2 Å². The third-order valence-electron chi connectivity index (χ3n) is 4.06. The van der Waals surface area contributed by atoms with Gasteiger partial charge in [-0.2, -0.15) is 0 Å². The lowest BCUT2D eigenvalue weighted by Gasteiger charge is -2.39. The van der Waals surface area contributed by atoms with Crippen molar-refractivity contribution >= 4 is 0 Å². The van der Waals surface area contributed by atoms with Crippen molar-refractivity contribution in [3.8, 4) is 0 Å². The van der Waals surface area contributed by atoms with Crippen molar-refractivity contribution in [3.63, 3.8) is 0 Å². The van der Waals surface area contributed by atoms with Crippen LogP contribution in [0.3, 0.4) is 0 Å². The summed E-state index contributed by atoms with van der Waals surface area (Å²) in [6.45, 7) is 6.56. The molecule has 1 rings (SSSR count). The quantitative estimate of drug-likeness (QED) is 0.723. The van der Waals surface area contributed by atoms with E-state index in [0.29, 0.717) is 5.92 Å². The van der Waals surface area contributed by atoms with Gasteiger partial charge >= 0.3 is 0 Å². The van der Waals surface area contributed by atoms with Crippen LogP contribution in [-0.4, -0.2) is 23.4 Å². The molecule has 0 saturated heterocycles. The molecule has 0 aromatic heterocycles. The normalized spacial score (nSPS) is 23.1. The van der Waals surface area contributed by atoms with Gasteiger partial charge in [0.2, 0.25) is 0 Å². The summed E-state index contributed by atoms with van der Waals surface area (Å²) in [4.78, 5) is 0. The summed E-state index contributed by atoms with van der Waals surface area (Å²) in [6.07, 6.45) is 8.54. The monoisotopic (exact) mass is 238 g/mol. The van der Waals surface area contributed by atoms with Crippen molar-refractivity contribution < 1.29 is 10.2 Å². The molecule has 0 aromatic carbocycles. The molecule has 0 radical (unpaired) electrons. The average molecular weight is 238 g/mol. The fraction of sp³-hybridized carbons (Fsp3) is 0.733. The van der Waals surface area contributed by atoms with Crippen molar-refractivity contribution in [2.24, 2.45) is 11.3 Å². The van der Waals surface area contributed by atoms with Gasteiger partial charge in [0, 0.05) is 5.41 Å². The van der Waals surface area contributed by atoms with Crippen LogP contribution in [0.4, 0.5) is 0 Å². The van der Waals surface area contributed by atoms with Gasteiger partial charge in [0.25, 0.3) is 0 Å². The molecule has 0 aromatic rings. The van der Waals surface area contributed by atoms with Crippen LogP contribution in [0.2, 0.25) is 0 Å². The number of hydrogen-bond donors (Lipinski definition) is 2. The highest BCUT2D eigenvalue weighted by Crippen LogP contribution is 2.40. The number of rotatable bonds is 5. The first kappa shape index (κ1) is 14.5. The number of aliphatic hydroxyl groups excluding tert-OH is 2. The molecular formula is C15H26O2. The highest BCUT2D eigenvalue weighted by Gasteiger charge is 2.36. The second kappa shape index (κ2) is 6.36. The van der Waals surface area contributed by atoms with Crippen molar-refractivity contribution in [2.45, 2.75) is 46.5 Å². The second-order valence-electron chi connectivity index (χ2n) is 5.67. The van der Waals surface area contributed by atoms with Gasteiger partial charge < -0.3 is 10.2 Å². The van der Waals surface area contributed by atoms with Crippen LogP contribution in [0.15, 0.2) is 23.3 Å². The molecule has 0 fully saturated rings. The van der Waals surface area contributed by atoms with E-state index in [0.717, 1.165) is 25.7 Å². The molecule has 17 heavy (non-hydrogen) atoms. The van der Waals surface area contributed by atoms with Gasteiger partial charge in [-0.3, -0.25) is 0 Å². The van der Waals surface area contributed by atoms with Crippen molar-refractivity contribution in [1.82, 2.24) is 0 Å². The smallest absolute Gasteiger partial charge is 0.0515 e. The average Bonchev–Trinajstić information content (AvgIpc) is 2.30. The first-order chi connectivity index (χ1) is 8.04. The predicted molar refractivity (Wildman–Crippen MR) is 71.8 cm³/mol. The van der Waals surface area contributed by atoms with Crippen LogP contribution in [0.5, 0.6) is 0 Å². The van der Waals surface area contributed by atoms with Crippen LogP contribution >= 0.6 is 0 Å². The summed E-state index contributed by atoms with van der Waals surface area (Å²) in [5, 5.41) is 18.9. The van der Waals surface area contributed by atoms with E-state index in [2.05, 4.69) is 32.9 Å². The lowest BCUT2D eigenvalue weighted by Crippen LogP contribution is -2.38. The zero-order valence-corrected chi connectivity index (χ0v) is 11.4. The highest BCUT2D eigenvalue weighted by atomic mass is 16.3. The third kappa shape index (κ3) is 3.68. The molecule has 2 N–H and O–H groups in total. The van der Waals surface area contributed by atoms with Crippen molar-refractivity contribution in [1.29, 1.82) is 0 Å². The lowest BCUT2D eigenvalue weighted by molar-refractivity contribution is 0.00703. The molecule has 2 heteroatoms. The maximum absolute atomic E-state index is 9.45. The Hall–Kier alpha value is -0.600. The molecule has 1 aliphatic rings. The minimum Gasteiger partial charge on any atom is -0.396 e. The van der Waals surface area contributed by atoms with E-state index in [1.165, 1.54) is 11.1 Å². The summed E-state index contributed by atoms with van der Waals surface area (Å²) in [7, 11) is 0. The van der Waals surface area contributed by atoms with E-state index in [1.807, 2.05) is 0 Å². The topological polar surface area (TPSA) is 40.5 Å². The number of hydrogen-bond acceptors (Lipinski definition) is 2. The summed E-state index contributed by atoms with van der Waals surface area (Å²) in [6, 6.07) is 0. The Labute approximate surface area is 105 Å². The molecule has 98 valence electrons. The van der Waals surface area contributed by atoms with E-state index in [-0.39, 0.29) is 18.6 Å². The van der Waals surface area contributed by atoms with Gasteiger partial charge in [-0.15, -0.1) is 0 Å². The van der Waals surface area contributed by atoms with E-state index in [1.54, 1.807) is 0 Å². The number of allylic oxidation sites excluding steroid dienone is 4. The van der Waals surface area contributed by atoms with Crippen molar-refractivity contribution in [2.75, 3.05) is 13.2 Å². The Bertz CT molecular complexity index is 294. The third-order valence-corrected chi connectivity index (χ3v) is 4.06. The standard InChI is InChI=1S/C15H26O2/c1-12(2)5-4-6-14-7-8-15(10-16,11-17)13(3)9-14/h5,7,13,16-17H,4,6,8-11H2,1-3H3. The Morgan fingerprint density at radius 3 is 2.53 bits per heavy atom. The SMILES string of the molecule is CC(C)=CCCC1=CCC(CO)(CO)C(C)C1. The Morgan fingerprint density at radius 1 is 1.41 bits per heavy atom. The zero-order valence-electron chi connectivity index (χ0n) is 11.4. The maximum Gasteiger partial charge on any atom is 0.0515 e. The fourth-order valence-corrected chi connectivity index (χ4v) is 2.48. The molecule has 1 aliphatic carbocycles. The molecule has 1 unspecified atom stereocenters. The van der Waals surface area contributed by atoms with Gasteiger partial charge in [-0.05, 0) is 45.4 Å². The van der Waals surface area contributed by atoms with Gasteiger partial charge in [-0.25, -0.2) is 0 Å². The Morgan fingerprint density at radius 2 is 2.06 bits per heavy atom.